The second-order valence-electron chi connectivity index (χ2n) is 9.44. The number of anilines is 3. The number of piperazine rings is 1. The molecule has 10 nitrogen and oxygen atoms in total. The van der Waals surface area contributed by atoms with Crippen LogP contribution in [-0.2, 0) is 10.5 Å². The predicted octanol–water partition coefficient (Wildman–Crippen LogP) is 2.84. The molecular formula is C29H33N5O5. The van der Waals surface area contributed by atoms with Gasteiger partial charge in [-0.05, 0) is 30.3 Å². The molecule has 1 fully saturated rings. The van der Waals surface area contributed by atoms with Gasteiger partial charge in [0.15, 0.2) is 0 Å². The van der Waals surface area contributed by atoms with Crippen molar-refractivity contribution < 1.29 is 24.2 Å². The molecule has 3 amide bonds. The number of amides is 3. The molecular weight excluding hydrogens is 498 g/mol. The number of ether oxygens (including phenoxy) is 2. The lowest BCUT2D eigenvalue weighted by molar-refractivity contribution is -0.140. The monoisotopic (exact) mass is 531 g/mol. The topological polar surface area (TPSA) is 107 Å². The maximum atomic E-state index is 13.7. The summed E-state index contributed by atoms with van der Waals surface area (Å²) in [6.45, 7) is 4.42. The van der Waals surface area contributed by atoms with Crippen LogP contribution in [0.5, 0.6) is 11.5 Å². The highest BCUT2D eigenvalue weighted by Crippen LogP contribution is 2.43. The van der Waals surface area contributed by atoms with E-state index in [1.54, 1.807) is 42.5 Å². The molecule has 0 unspecified atom stereocenters. The summed E-state index contributed by atoms with van der Waals surface area (Å²) >= 11 is 0. The lowest BCUT2D eigenvalue weighted by Crippen LogP contribution is -2.63. The Morgan fingerprint density at radius 3 is 2.41 bits per heavy atom. The zero-order valence-corrected chi connectivity index (χ0v) is 22.1. The van der Waals surface area contributed by atoms with Crippen molar-refractivity contribution in [1.82, 2.24) is 10.2 Å². The summed E-state index contributed by atoms with van der Waals surface area (Å²) in [6.07, 6.45) is 0. The first-order valence-electron chi connectivity index (χ1n) is 12.9. The van der Waals surface area contributed by atoms with Crippen molar-refractivity contribution in [3.8, 4) is 11.5 Å². The number of aliphatic hydroxyl groups is 1. The van der Waals surface area contributed by atoms with Crippen LogP contribution in [0, 0.1) is 0 Å². The van der Waals surface area contributed by atoms with Gasteiger partial charge >= 0.3 is 6.03 Å². The van der Waals surface area contributed by atoms with Crippen LogP contribution in [0.3, 0.4) is 0 Å². The smallest absolute Gasteiger partial charge is 0.329 e. The lowest BCUT2D eigenvalue weighted by atomic mass is 9.94. The third-order valence-electron chi connectivity index (χ3n) is 7.22. The van der Waals surface area contributed by atoms with Crippen LogP contribution in [0.4, 0.5) is 21.9 Å². The molecule has 0 spiro atoms. The van der Waals surface area contributed by atoms with Crippen LogP contribution in [-0.4, -0.2) is 75.4 Å². The Labute approximate surface area is 227 Å². The minimum absolute atomic E-state index is 0.222. The molecule has 0 radical (unpaired) electrons. The summed E-state index contributed by atoms with van der Waals surface area (Å²) in [4.78, 5) is 32.7. The number of carbonyl (C=O) groups excluding carboxylic acids is 2. The summed E-state index contributed by atoms with van der Waals surface area (Å²) in [5.41, 5.74) is -0.263. The predicted molar refractivity (Wildman–Crippen MR) is 149 cm³/mol. The number of para-hydroxylation sites is 2. The van der Waals surface area contributed by atoms with E-state index in [0.717, 1.165) is 31.1 Å². The number of rotatable bonds is 8. The van der Waals surface area contributed by atoms with E-state index in [-0.39, 0.29) is 17.0 Å². The van der Waals surface area contributed by atoms with E-state index in [9.17, 15) is 14.7 Å². The van der Waals surface area contributed by atoms with Crippen molar-refractivity contribution in [2.75, 3.05) is 68.6 Å². The Bertz CT molecular complexity index is 1330. The first-order valence-corrected chi connectivity index (χ1v) is 12.9. The van der Waals surface area contributed by atoms with E-state index in [1.165, 1.54) is 19.9 Å². The minimum Gasteiger partial charge on any atom is -0.497 e. The number of nitrogens with one attached hydrogen (secondary N) is 2. The SMILES string of the molecule is COc1ccc(N2C(=O)Nc3ccccc3[C@]2(O)C(=O)NCCN2CCN(c3ccccc3)CC2)c(OC)c1. The Hall–Kier alpha value is -4.28. The Kier molecular flexibility index (Phi) is 7.58. The van der Waals surface area contributed by atoms with Crippen molar-refractivity contribution in [3.05, 3.63) is 78.4 Å². The maximum Gasteiger partial charge on any atom is 0.329 e. The van der Waals surface area contributed by atoms with Gasteiger partial charge in [0.2, 0.25) is 0 Å². The highest BCUT2D eigenvalue weighted by atomic mass is 16.5. The van der Waals surface area contributed by atoms with E-state index >= 15 is 0 Å². The van der Waals surface area contributed by atoms with E-state index in [0.29, 0.717) is 24.5 Å². The molecule has 39 heavy (non-hydrogen) atoms. The Balaban J connectivity index is 1.33. The summed E-state index contributed by atoms with van der Waals surface area (Å²) in [6, 6.07) is 21.2. The largest absolute Gasteiger partial charge is 0.497 e. The number of urea groups is 1. The molecule has 3 N–H and O–H groups in total. The van der Waals surface area contributed by atoms with Gasteiger partial charge in [0.05, 0.1) is 25.6 Å². The molecule has 2 aliphatic rings. The quantitative estimate of drug-likeness (QED) is 0.410. The fraction of sp³-hybridized carbons (Fsp3) is 0.310. The summed E-state index contributed by atoms with van der Waals surface area (Å²) in [5.74, 6) is 0.0748. The lowest BCUT2D eigenvalue weighted by Gasteiger charge is -2.43. The van der Waals surface area contributed by atoms with Crippen molar-refractivity contribution >= 4 is 29.0 Å². The highest BCUT2D eigenvalue weighted by molar-refractivity contribution is 6.12. The van der Waals surface area contributed by atoms with Crippen molar-refractivity contribution in [2.45, 2.75) is 5.72 Å². The molecule has 1 atom stereocenters. The summed E-state index contributed by atoms with van der Waals surface area (Å²) in [5, 5.41) is 17.7. The minimum atomic E-state index is -2.31. The number of benzene rings is 3. The first-order chi connectivity index (χ1) is 19.0. The number of hydrogen-bond acceptors (Lipinski definition) is 7. The molecule has 0 bridgehead atoms. The molecule has 3 aromatic rings. The Morgan fingerprint density at radius 1 is 0.974 bits per heavy atom. The van der Waals surface area contributed by atoms with Gasteiger partial charge in [0.25, 0.3) is 11.6 Å². The Morgan fingerprint density at radius 2 is 1.69 bits per heavy atom. The maximum absolute atomic E-state index is 13.7. The number of nitrogens with zero attached hydrogens (tertiary/aromatic N) is 3. The van der Waals surface area contributed by atoms with Crippen LogP contribution in [0.25, 0.3) is 0 Å². The van der Waals surface area contributed by atoms with Crippen LogP contribution in [0.15, 0.2) is 72.8 Å². The molecule has 2 aliphatic heterocycles. The van der Waals surface area contributed by atoms with Gasteiger partial charge in [-0.25, -0.2) is 9.69 Å². The number of fused-ring (bicyclic) bond motifs is 1. The van der Waals surface area contributed by atoms with E-state index in [2.05, 4.69) is 32.6 Å². The average Bonchev–Trinajstić information content (AvgIpc) is 2.98. The van der Waals surface area contributed by atoms with Gasteiger partial charge < -0.3 is 30.1 Å². The molecule has 204 valence electrons. The first kappa shape index (κ1) is 26.3. The molecule has 0 aromatic heterocycles. The van der Waals surface area contributed by atoms with Gasteiger partial charge in [-0.2, -0.15) is 0 Å². The molecule has 0 saturated carbocycles. The zero-order valence-electron chi connectivity index (χ0n) is 22.1. The van der Waals surface area contributed by atoms with Crippen molar-refractivity contribution in [2.24, 2.45) is 0 Å². The third kappa shape index (κ3) is 5.08. The van der Waals surface area contributed by atoms with E-state index in [1.807, 2.05) is 18.2 Å². The van der Waals surface area contributed by atoms with Gasteiger partial charge in [-0.1, -0.05) is 36.4 Å². The summed E-state index contributed by atoms with van der Waals surface area (Å²) in [7, 11) is 2.97. The van der Waals surface area contributed by atoms with Crippen LogP contribution >= 0.6 is 0 Å². The van der Waals surface area contributed by atoms with Crippen molar-refractivity contribution in [3.63, 3.8) is 0 Å². The van der Waals surface area contributed by atoms with Crippen molar-refractivity contribution in [1.29, 1.82) is 0 Å². The normalized spacial score (nSPS) is 19.2. The van der Waals surface area contributed by atoms with Crippen LogP contribution < -0.4 is 29.9 Å². The molecule has 1 saturated heterocycles. The van der Waals surface area contributed by atoms with Gasteiger partial charge in [-0.3, -0.25) is 9.69 Å². The zero-order chi connectivity index (χ0) is 27.4. The second kappa shape index (κ2) is 11.2. The standard InChI is InChI=1S/C29H33N5O5/c1-38-22-12-13-25(26(20-22)39-2)34-28(36)31-24-11-7-6-10-23(24)29(34,37)27(35)30-14-15-32-16-18-33(19-17-32)21-8-4-3-5-9-21/h3-13,20,37H,14-19H2,1-2H3,(H,30,35)(H,31,36)/t29-/m0/s1. The molecule has 10 heteroatoms. The van der Waals surface area contributed by atoms with E-state index < -0.39 is 17.7 Å². The van der Waals surface area contributed by atoms with Gasteiger partial charge in [0.1, 0.15) is 11.5 Å². The molecule has 2 heterocycles. The van der Waals surface area contributed by atoms with Crippen LogP contribution in [0.2, 0.25) is 0 Å². The molecule has 0 aliphatic carbocycles. The van der Waals surface area contributed by atoms with Gasteiger partial charge in [-0.15, -0.1) is 0 Å². The molecule has 3 aromatic carbocycles. The van der Waals surface area contributed by atoms with Gasteiger partial charge in [0, 0.05) is 56.6 Å². The van der Waals surface area contributed by atoms with Crippen LogP contribution in [0.1, 0.15) is 5.56 Å². The fourth-order valence-corrected chi connectivity index (χ4v) is 5.13. The number of methoxy groups -OCH3 is 2. The molecule has 5 rings (SSSR count). The number of carbonyl (C=O) groups is 2. The number of hydrogen-bond donors (Lipinski definition) is 3. The highest BCUT2D eigenvalue weighted by Gasteiger charge is 2.52. The fourth-order valence-electron chi connectivity index (χ4n) is 5.13. The second-order valence-corrected chi connectivity index (χ2v) is 9.44. The third-order valence-corrected chi connectivity index (χ3v) is 7.22. The average molecular weight is 532 g/mol. The van der Waals surface area contributed by atoms with E-state index in [4.69, 9.17) is 9.47 Å². The summed E-state index contributed by atoms with van der Waals surface area (Å²) < 4.78 is 10.8.